The lowest BCUT2D eigenvalue weighted by Gasteiger charge is -2.12. The summed E-state index contributed by atoms with van der Waals surface area (Å²) in [6.45, 7) is 1.89. The molecule has 106 valence electrons. The highest BCUT2D eigenvalue weighted by Gasteiger charge is 2.14. The average Bonchev–Trinajstić information content (AvgIpc) is 2.50. The lowest BCUT2D eigenvalue weighted by atomic mass is 10.1. The van der Waals surface area contributed by atoms with Crippen LogP contribution in [0, 0.1) is 11.3 Å². The summed E-state index contributed by atoms with van der Waals surface area (Å²) in [4.78, 5) is 13.2. The first-order valence-corrected chi connectivity index (χ1v) is 7.55. The number of carbonyl (C=O) groups excluding carboxylic acids is 1. The van der Waals surface area contributed by atoms with E-state index in [1.165, 1.54) is 11.8 Å². The molecule has 2 aromatic carbocycles. The molecule has 0 unspecified atom stereocenters. The molecule has 0 heterocycles. The van der Waals surface area contributed by atoms with Gasteiger partial charge < -0.3 is 5.32 Å². The third kappa shape index (κ3) is 4.66. The summed E-state index contributed by atoms with van der Waals surface area (Å²) in [5.74, 6) is -0.0307. The summed E-state index contributed by atoms with van der Waals surface area (Å²) in [6, 6.07) is 19.3. The average molecular weight is 296 g/mol. The summed E-state index contributed by atoms with van der Waals surface area (Å²) >= 11 is 1.53. The van der Waals surface area contributed by atoms with Gasteiger partial charge in [0.1, 0.15) is 0 Å². The maximum absolute atomic E-state index is 12.1. The van der Waals surface area contributed by atoms with Gasteiger partial charge in [0.15, 0.2) is 0 Å². The molecule has 1 amide bonds. The van der Waals surface area contributed by atoms with Crippen molar-refractivity contribution in [2.45, 2.75) is 23.5 Å². The Morgan fingerprint density at radius 2 is 1.86 bits per heavy atom. The van der Waals surface area contributed by atoms with Crippen molar-refractivity contribution in [3.63, 3.8) is 0 Å². The van der Waals surface area contributed by atoms with Gasteiger partial charge >= 0.3 is 0 Å². The summed E-state index contributed by atoms with van der Waals surface area (Å²) < 4.78 is 0. The maximum Gasteiger partial charge on any atom is 0.237 e. The molecule has 1 N–H and O–H groups in total. The summed E-state index contributed by atoms with van der Waals surface area (Å²) in [5, 5.41) is 11.3. The smallest absolute Gasteiger partial charge is 0.237 e. The van der Waals surface area contributed by atoms with Crippen molar-refractivity contribution in [2.75, 3.05) is 5.32 Å². The number of amides is 1. The van der Waals surface area contributed by atoms with E-state index in [2.05, 4.69) is 11.4 Å². The first kappa shape index (κ1) is 15.1. The standard InChI is InChI=1S/C17H16N2OS/c1-13(21-16-5-3-2-4-6-16)17(20)19-15-9-7-14(8-10-15)11-12-18/h2-10,13H,11H2,1H3,(H,19,20)/t13-/m0/s1. The molecule has 21 heavy (non-hydrogen) atoms. The van der Waals surface area contributed by atoms with Gasteiger partial charge in [0, 0.05) is 10.6 Å². The predicted octanol–water partition coefficient (Wildman–Crippen LogP) is 3.87. The zero-order chi connectivity index (χ0) is 15.1. The number of anilines is 1. The van der Waals surface area contributed by atoms with E-state index in [1.807, 2.05) is 61.5 Å². The molecular weight excluding hydrogens is 280 g/mol. The van der Waals surface area contributed by atoms with E-state index in [4.69, 9.17) is 5.26 Å². The van der Waals surface area contributed by atoms with Crippen molar-refractivity contribution < 1.29 is 4.79 Å². The van der Waals surface area contributed by atoms with Gasteiger partial charge in [0.25, 0.3) is 0 Å². The Hall–Kier alpha value is -2.25. The van der Waals surface area contributed by atoms with Crippen LogP contribution in [0.4, 0.5) is 5.69 Å². The van der Waals surface area contributed by atoms with E-state index in [0.29, 0.717) is 6.42 Å². The SMILES string of the molecule is C[C@H](Sc1ccccc1)C(=O)Nc1ccc(CC#N)cc1. The molecule has 1 atom stereocenters. The van der Waals surface area contributed by atoms with Crippen LogP contribution >= 0.6 is 11.8 Å². The highest BCUT2D eigenvalue weighted by molar-refractivity contribution is 8.00. The third-order valence-corrected chi connectivity index (χ3v) is 4.04. The molecule has 0 spiro atoms. The topological polar surface area (TPSA) is 52.9 Å². The Morgan fingerprint density at radius 3 is 2.48 bits per heavy atom. The fraction of sp³-hybridized carbons (Fsp3) is 0.176. The molecule has 0 fully saturated rings. The van der Waals surface area contributed by atoms with E-state index in [9.17, 15) is 4.79 Å². The van der Waals surface area contributed by atoms with Gasteiger partial charge in [-0.1, -0.05) is 30.3 Å². The summed E-state index contributed by atoms with van der Waals surface area (Å²) in [6.07, 6.45) is 0.383. The van der Waals surface area contributed by atoms with Crippen molar-refractivity contribution in [3.8, 4) is 6.07 Å². The predicted molar refractivity (Wildman–Crippen MR) is 86.1 cm³/mol. The molecule has 0 aliphatic carbocycles. The van der Waals surface area contributed by atoms with E-state index >= 15 is 0 Å². The molecule has 0 saturated carbocycles. The lowest BCUT2D eigenvalue weighted by molar-refractivity contribution is -0.115. The van der Waals surface area contributed by atoms with E-state index in [1.54, 1.807) is 0 Å². The highest BCUT2D eigenvalue weighted by atomic mass is 32.2. The molecule has 0 aromatic heterocycles. The molecular formula is C17H16N2OS. The minimum absolute atomic E-state index is 0.0307. The monoisotopic (exact) mass is 296 g/mol. The lowest BCUT2D eigenvalue weighted by Crippen LogP contribution is -2.22. The largest absolute Gasteiger partial charge is 0.325 e. The van der Waals surface area contributed by atoms with Crippen LogP contribution in [-0.2, 0) is 11.2 Å². The number of benzene rings is 2. The van der Waals surface area contributed by atoms with Gasteiger partial charge in [0.2, 0.25) is 5.91 Å². The third-order valence-electron chi connectivity index (χ3n) is 2.93. The zero-order valence-electron chi connectivity index (χ0n) is 11.7. The first-order chi connectivity index (χ1) is 10.2. The van der Waals surface area contributed by atoms with Crippen molar-refractivity contribution in [3.05, 3.63) is 60.2 Å². The zero-order valence-corrected chi connectivity index (χ0v) is 12.6. The number of nitriles is 1. The van der Waals surface area contributed by atoms with Crippen LogP contribution in [0.15, 0.2) is 59.5 Å². The Balaban J connectivity index is 1.93. The quantitative estimate of drug-likeness (QED) is 0.852. The number of nitrogens with one attached hydrogen (secondary N) is 1. The van der Waals surface area contributed by atoms with Crippen LogP contribution in [0.25, 0.3) is 0 Å². The van der Waals surface area contributed by atoms with Gasteiger partial charge in [0.05, 0.1) is 17.7 Å². The Morgan fingerprint density at radius 1 is 1.19 bits per heavy atom. The number of thioether (sulfide) groups is 1. The van der Waals surface area contributed by atoms with Crippen LogP contribution in [0.3, 0.4) is 0 Å². The van der Waals surface area contributed by atoms with Gasteiger partial charge in [-0.25, -0.2) is 0 Å². The van der Waals surface area contributed by atoms with Crippen molar-refractivity contribution >= 4 is 23.4 Å². The fourth-order valence-electron chi connectivity index (χ4n) is 1.80. The fourth-order valence-corrected chi connectivity index (χ4v) is 2.69. The Kier molecular flexibility index (Phi) is 5.42. The minimum atomic E-state index is -0.175. The van der Waals surface area contributed by atoms with Crippen LogP contribution < -0.4 is 5.32 Å². The van der Waals surface area contributed by atoms with Crippen molar-refractivity contribution in [1.82, 2.24) is 0 Å². The van der Waals surface area contributed by atoms with Crippen LogP contribution in [0.5, 0.6) is 0 Å². The molecule has 0 aliphatic heterocycles. The highest BCUT2D eigenvalue weighted by Crippen LogP contribution is 2.23. The number of hydrogen-bond acceptors (Lipinski definition) is 3. The molecule has 0 saturated heterocycles. The van der Waals surface area contributed by atoms with Crippen LogP contribution in [0.2, 0.25) is 0 Å². The maximum atomic E-state index is 12.1. The van der Waals surface area contributed by atoms with E-state index in [-0.39, 0.29) is 11.2 Å². The second kappa shape index (κ2) is 7.51. The van der Waals surface area contributed by atoms with Crippen LogP contribution in [-0.4, -0.2) is 11.2 Å². The van der Waals surface area contributed by atoms with Gasteiger partial charge in [-0.2, -0.15) is 5.26 Å². The number of rotatable bonds is 5. The minimum Gasteiger partial charge on any atom is -0.325 e. The first-order valence-electron chi connectivity index (χ1n) is 6.67. The van der Waals surface area contributed by atoms with Gasteiger partial charge in [-0.3, -0.25) is 4.79 Å². The number of carbonyl (C=O) groups is 1. The normalized spacial score (nSPS) is 11.4. The van der Waals surface area contributed by atoms with E-state index in [0.717, 1.165) is 16.1 Å². The molecule has 2 rings (SSSR count). The second-order valence-corrected chi connectivity index (χ2v) is 6.01. The molecule has 0 radical (unpaired) electrons. The van der Waals surface area contributed by atoms with Gasteiger partial charge in [-0.15, -0.1) is 11.8 Å². The molecule has 2 aromatic rings. The summed E-state index contributed by atoms with van der Waals surface area (Å²) in [7, 11) is 0. The molecule has 4 heteroatoms. The molecule has 3 nitrogen and oxygen atoms in total. The van der Waals surface area contributed by atoms with Crippen molar-refractivity contribution in [2.24, 2.45) is 0 Å². The Labute approximate surface area is 129 Å². The van der Waals surface area contributed by atoms with Gasteiger partial charge in [-0.05, 0) is 36.8 Å². The van der Waals surface area contributed by atoms with Crippen molar-refractivity contribution in [1.29, 1.82) is 5.26 Å². The summed E-state index contributed by atoms with van der Waals surface area (Å²) in [5.41, 5.74) is 1.70. The molecule has 0 aliphatic rings. The number of hydrogen-bond donors (Lipinski definition) is 1. The number of nitrogens with zero attached hydrogens (tertiary/aromatic N) is 1. The molecule has 0 bridgehead atoms. The Bertz CT molecular complexity index is 632. The van der Waals surface area contributed by atoms with Crippen LogP contribution in [0.1, 0.15) is 12.5 Å². The van der Waals surface area contributed by atoms with E-state index < -0.39 is 0 Å². The second-order valence-electron chi connectivity index (χ2n) is 4.59.